The molecule has 6 nitrogen and oxygen atoms in total. The van der Waals surface area contributed by atoms with Crippen LogP contribution in [-0.2, 0) is 6.54 Å². The van der Waals surface area contributed by atoms with Gasteiger partial charge < -0.3 is 15.0 Å². The molecule has 4 rings (SSSR count). The Hall–Kier alpha value is -2.84. The van der Waals surface area contributed by atoms with Gasteiger partial charge in [0.15, 0.2) is 5.82 Å². The molecule has 1 aliphatic rings. The average Bonchev–Trinajstić information content (AvgIpc) is 2.81. The zero-order valence-corrected chi connectivity index (χ0v) is 18.1. The fourth-order valence-electron chi connectivity index (χ4n) is 3.10. The topological polar surface area (TPSA) is 67.3 Å². The summed E-state index contributed by atoms with van der Waals surface area (Å²) in [5.74, 6) is 3.08. The number of thioether (sulfide) groups is 1. The summed E-state index contributed by atoms with van der Waals surface area (Å²) >= 11 is 7.69. The van der Waals surface area contributed by atoms with Crippen LogP contribution in [0.1, 0.15) is 15.9 Å². The van der Waals surface area contributed by atoms with Crippen molar-refractivity contribution < 1.29 is 13.9 Å². The predicted octanol–water partition coefficient (Wildman–Crippen LogP) is 4.54. The molecular weight excluding hydrogens is 439 g/mol. The van der Waals surface area contributed by atoms with Gasteiger partial charge in [-0.3, -0.25) is 4.79 Å². The third-order valence-electron chi connectivity index (χ3n) is 4.73. The molecule has 9 heteroatoms. The zero-order valence-electron chi connectivity index (χ0n) is 16.6. The summed E-state index contributed by atoms with van der Waals surface area (Å²) in [6.45, 7) is 2.05. The highest BCUT2D eigenvalue weighted by Crippen LogP contribution is 2.29. The Morgan fingerprint density at radius 1 is 1.13 bits per heavy atom. The first kappa shape index (κ1) is 21.4. The molecule has 0 atom stereocenters. The lowest BCUT2D eigenvalue weighted by atomic mass is 10.2. The molecule has 0 saturated carbocycles. The van der Waals surface area contributed by atoms with Gasteiger partial charge in [0.25, 0.3) is 11.8 Å². The molecule has 0 aliphatic carbocycles. The summed E-state index contributed by atoms with van der Waals surface area (Å²) in [6.07, 6.45) is 3.26. The lowest BCUT2D eigenvalue weighted by molar-refractivity contribution is 0.0951. The number of hydrogen-bond donors (Lipinski definition) is 1. The maximum absolute atomic E-state index is 13.2. The van der Waals surface area contributed by atoms with Crippen molar-refractivity contribution in [2.45, 2.75) is 6.54 Å². The molecule has 1 fully saturated rings. The van der Waals surface area contributed by atoms with Crippen molar-refractivity contribution in [3.63, 3.8) is 0 Å². The Balaban J connectivity index is 1.39. The van der Waals surface area contributed by atoms with Crippen molar-refractivity contribution in [2.75, 3.05) is 29.5 Å². The maximum atomic E-state index is 13.2. The number of benzene rings is 2. The number of nitrogens with one attached hydrogen (secondary N) is 1. The molecular formula is C22H20ClFN4O2S. The molecule has 1 saturated heterocycles. The first-order chi connectivity index (χ1) is 15.1. The molecule has 1 aliphatic heterocycles. The van der Waals surface area contributed by atoms with Crippen LogP contribution in [0, 0.1) is 5.82 Å². The van der Waals surface area contributed by atoms with Gasteiger partial charge in [0.2, 0.25) is 0 Å². The third-order valence-corrected chi connectivity index (χ3v) is 5.96. The minimum absolute atomic E-state index is 0.0277. The second-order valence-electron chi connectivity index (χ2n) is 6.84. The van der Waals surface area contributed by atoms with Crippen LogP contribution in [-0.4, -0.2) is 40.5 Å². The maximum Gasteiger partial charge on any atom is 0.263 e. The second kappa shape index (κ2) is 9.98. The van der Waals surface area contributed by atoms with Crippen molar-refractivity contribution in [1.82, 2.24) is 15.3 Å². The molecule has 2 heterocycles. The van der Waals surface area contributed by atoms with E-state index in [1.807, 2.05) is 11.8 Å². The Labute approximate surface area is 188 Å². The molecule has 1 N–H and O–H groups in total. The van der Waals surface area contributed by atoms with E-state index >= 15 is 0 Å². The van der Waals surface area contributed by atoms with E-state index in [4.69, 9.17) is 16.3 Å². The molecule has 1 amide bonds. The van der Waals surface area contributed by atoms with E-state index in [-0.39, 0.29) is 17.5 Å². The highest BCUT2D eigenvalue weighted by molar-refractivity contribution is 7.99. The van der Waals surface area contributed by atoms with Crippen LogP contribution in [0.5, 0.6) is 11.6 Å². The van der Waals surface area contributed by atoms with Crippen LogP contribution >= 0.6 is 23.4 Å². The largest absolute Gasteiger partial charge is 0.436 e. The Bertz CT molecular complexity index is 1060. The van der Waals surface area contributed by atoms with Crippen molar-refractivity contribution >= 4 is 35.1 Å². The highest BCUT2D eigenvalue weighted by Gasteiger charge is 2.18. The number of carbonyl (C=O) groups excluding carboxylic acids is 1. The molecule has 2 aromatic carbocycles. The fraction of sp³-hybridized carbons (Fsp3) is 0.227. The first-order valence-corrected chi connectivity index (χ1v) is 11.3. The van der Waals surface area contributed by atoms with E-state index in [9.17, 15) is 9.18 Å². The predicted molar refractivity (Wildman–Crippen MR) is 121 cm³/mol. The quantitative estimate of drug-likeness (QED) is 0.584. The minimum atomic E-state index is -0.488. The van der Waals surface area contributed by atoms with Gasteiger partial charge in [-0.15, -0.1) is 0 Å². The van der Waals surface area contributed by atoms with Crippen molar-refractivity contribution in [1.29, 1.82) is 0 Å². The van der Waals surface area contributed by atoms with Gasteiger partial charge in [-0.2, -0.15) is 11.8 Å². The van der Waals surface area contributed by atoms with E-state index in [0.29, 0.717) is 22.8 Å². The number of anilines is 1. The summed E-state index contributed by atoms with van der Waals surface area (Å²) in [5.41, 5.74) is 1.19. The van der Waals surface area contributed by atoms with Gasteiger partial charge in [0.1, 0.15) is 11.6 Å². The van der Waals surface area contributed by atoms with Crippen LogP contribution in [0.25, 0.3) is 0 Å². The number of aromatic nitrogens is 2. The Morgan fingerprint density at radius 2 is 1.87 bits per heavy atom. The Kier molecular flexibility index (Phi) is 6.89. The summed E-state index contributed by atoms with van der Waals surface area (Å²) in [7, 11) is 0. The minimum Gasteiger partial charge on any atom is -0.436 e. The molecule has 0 radical (unpaired) electrons. The van der Waals surface area contributed by atoms with Gasteiger partial charge in [0.05, 0.1) is 5.02 Å². The average molecular weight is 459 g/mol. The lowest BCUT2D eigenvalue weighted by Gasteiger charge is -2.28. The van der Waals surface area contributed by atoms with Crippen LogP contribution < -0.4 is 15.0 Å². The van der Waals surface area contributed by atoms with Gasteiger partial charge >= 0.3 is 0 Å². The molecule has 0 unspecified atom stereocenters. The molecule has 3 aromatic rings. The monoisotopic (exact) mass is 458 g/mol. The van der Waals surface area contributed by atoms with Crippen LogP contribution in [0.2, 0.25) is 5.02 Å². The number of amides is 1. The molecule has 0 spiro atoms. The number of carbonyl (C=O) groups is 1. The lowest BCUT2D eigenvalue weighted by Crippen LogP contribution is -2.33. The van der Waals surface area contributed by atoms with Crippen LogP contribution in [0.3, 0.4) is 0 Å². The normalized spacial score (nSPS) is 13.7. The van der Waals surface area contributed by atoms with Gasteiger partial charge in [-0.25, -0.2) is 14.4 Å². The summed E-state index contributed by atoms with van der Waals surface area (Å²) < 4.78 is 19.2. The van der Waals surface area contributed by atoms with Gasteiger partial charge in [-0.1, -0.05) is 17.7 Å². The molecule has 1 aromatic heterocycles. The zero-order chi connectivity index (χ0) is 21.6. The van der Waals surface area contributed by atoms with Crippen molar-refractivity contribution in [2.24, 2.45) is 0 Å². The summed E-state index contributed by atoms with van der Waals surface area (Å²) in [5, 5.41) is 2.82. The first-order valence-electron chi connectivity index (χ1n) is 9.74. The highest BCUT2D eigenvalue weighted by atomic mass is 35.5. The molecule has 0 bridgehead atoms. The van der Waals surface area contributed by atoms with Crippen LogP contribution in [0.4, 0.5) is 10.2 Å². The second-order valence-corrected chi connectivity index (χ2v) is 8.47. The van der Waals surface area contributed by atoms with Gasteiger partial charge in [-0.05, 0) is 42.0 Å². The Morgan fingerprint density at radius 3 is 2.61 bits per heavy atom. The SMILES string of the molecule is O=C(NCc1ccc(F)c(Cl)c1)c1ccc(Oc2nccnc2N2CCSCC2)cc1. The smallest absolute Gasteiger partial charge is 0.263 e. The number of ether oxygens (including phenoxy) is 1. The molecule has 160 valence electrons. The fourth-order valence-corrected chi connectivity index (χ4v) is 4.21. The number of nitrogens with zero attached hydrogens (tertiary/aromatic N) is 3. The van der Waals surface area contributed by atoms with E-state index in [0.717, 1.165) is 30.4 Å². The van der Waals surface area contributed by atoms with Gasteiger partial charge in [0, 0.05) is 49.1 Å². The van der Waals surface area contributed by atoms with E-state index in [1.54, 1.807) is 42.7 Å². The van der Waals surface area contributed by atoms with Crippen molar-refractivity contribution in [3.8, 4) is 11.6 Å². The molecule has 31 heavy (non-hydrogen) atoms. The summed E-state index contributed by atoms with van der Waals surface area (Å²) in [6, 6.07) is 11.1. The number of hydrogen-bond acceptors (Lipinski definition) is 6. The van der Waals surface area contributed by atoms with Crippen LogP contribution in [0.15, 0.2) is 54.9 Å². The number of halogens is 2. The van der Waals surface area contributed by atoms with E-state index in [1.165, 1.54) is 12.1 Å². The standard InChI is InChI=1S/C22H20ClFN4O2S/c23-18-13-15(1-6-19(18)24)14-27-21(29)16-2-4-17(5-3-16)30-22-20(25-7-8-26-22)28-9-11-31-12-10-28/h1-8,13H,9-12,14H2,(H,27,29). The number of rotatable bonds is 6. The third kappa shape index (κ3) is 5.45. The summed E-state index contributed by atoms with van der Waals surface area (Å²) in [4.78, 5) is 23.4. The van der Waals surface area contributed by atoms with E-state index in [2.05, 4.69) is 20.2 Å². The van der Waals surface area contributed by atoms with Crippen molar-refractivity contribution in [3.05, 3.63) is 76.8 Å². The van der Waals surface area contributed by atoms with E-state index < -0.39 is 5.82 Å².